The summed E-state index contributed by atoms with van der Waals surface area (Å²) in [5.41, 5.74) is -0.202. The minimum Gasteiger partial charge on any atom is -0.506 e. The Labute approximate surface area is 99.5 Å². The highest BCUT2D eigenvalue weighted by molar-refractivity contribution is 6.32. The lowest BCUT2D eigenvalue weighted by Crippen LogP contribution is -2.43. The van der Waals surface area contributed by atoms with E-state index in [1.807, 2.05) is 0 Å². The van der Waals surface area contributed by atoms with Crippen molar-refractivity contribution < 1.29 is 16.1 Å². The highest BCUT2D eigenvalue weighted by Gasteiger charge is 2.11. The molecule has 0 saturated carbocycles. The molecular weight excluding hydrogens is 200 g/mol. The Kier molecular flexibility index (Phi) is 1.14. The predicted octanol–water partition coefficient (Wildman–Crippen LogP) is 1.46. The molecular formula is C10H13ClN2O. The van der Waals surface area contributed by atoms with Crippen molar-refractivity contribution in [3.8, 4) is 5.75 Å². The molecule has 2 N–H and O–H groups in total. The maximum Gasteiger partial charge on any atom is 0.134 e. The molecule has 3 nitrogen and oxygen atoms in total. The molecule has 14 heavy (non-hydrogen) atoms. The second-order valence-electron chi connectivity index (χ2n) is 2.57. The Morgan fingerprint density at radius 3 is 2.79 bits per heavy atom. The zero-order chi connectivity index (χ0) is 17.1. The van der Waals surface area contributed by atoms with Gasteiger partial charge in [-0.3, -0.25) is 0 Å². The first kappa shape index (κ1) is 3.91. The van der Waals surface area contributed by atoms with Gasteiger partial charge in [0.15, 0.2) is 0 Å². The second-order valence-corrected chi connectivity index (χ2v) is 2.98. The first-order valence-electron chi connectivity index (χ1n) is 7.82. The number of aromatic hydroxyl groups is 1. The number of hydrogen-bond donors (Lipinski definition) is 2. The largest absolute Gasteiger partial charge is 0.506 e. The summed E-state index contributed by atoms with van der Waals surface area (Å²) in [6, 6.07) is 3.27. The highest BCUT2D eigenvalue weighted by atomic mass is 35.5. The van der Waals surface area contributed by atoms with Crippen LogP contribution in [-0.2, 0) is 0 Å². The van der Waals surface area contributed by atoms with Gasteiger partial charge < -0.3 is 15.3 Å². The fourth-order valence-corrected chi connectivity index (χ4v) is 1.17. The van der Waals surface area contributed by atoms with E-state index in [1.165, 1.54) is 0 Å². The maximum atomic E-state index is 9.41. The lowest BCUT2D eigenvalue weighted by Gasteiger charge is -2.29. The van der Waals surface area contributed by atoms with Gasteiger partial charge in [-0.25, -0.2) is 0 Å². The van der Waals surface area contributed by atoms with E-state index in [0.29, 0.717) is 4.90 Å². The summed E-state index contributed by atoms with van der Waals surface area (Å²) in [6.45, 7) is -11.6. The zero-order valence-electron chi connectivity index (χ0n) is 15.0. The van der Waals surface area contributed by atoms with Crippen molar-refractivity contribution >= 4 is 17.3 Å². The van der Waals surface area contributed by atoms with Crippen LogP contribution >= 0.6 is 11.6 Å². The van der Waals surface area contributed by atoms with Crippen LogP contribution in [0.5, 0.6) is 5.75 Å². The molecule has 0 aromatic heterocycles. The lowest BCUT2D eigenvalue weighted by atomic mass is 10.2. The van der Waals surface area contributed by atoms with E-state index in [-0.39, 0.29) is 16.5 Å². The second kappa shape index (κ2) is 4.07. The molecule has 2 rings (SSSR count). The summed E-state index contributed by atoms with van der Waals surface area (Å²) in [4.78, 5) is 0.349. The molecule has 0 aliphatic carbocycles. The Balaban J connectivity index is 2.68. The minimum atomic E-state index is -2.93. The SMILES string of the molecule is [2H]C1([2H])NC([2H])([2H])C([2H])([2H])N(c2ccc(O)c(Cl)c2)C1([2H])[2H]. The fourth-order valence-electron chi connectivity index (χ4n) is 0.991. The van der Waals surface area contributed by atoms with Gasteiger partial charge in [-0.1, -0.05) is 11.6 Å². The van der Waals surface area contributed by atoms with Gasteiger partial charge in [0.25, 0.3) is 0 Å². The molecule has 1 heterocycles. The first-order chi connectivity index (χ1) is 9.74. The van der Waals surface area contributed by atoms with Crippen LogP contribution in [-0.4, -0.2) is 31.1 Å². The Morgan fingerprint density at radius 2 is 2.14 bits per heavy atom. The predicted molar refractivity (Wildman–Crippen MR) is 58.2 cm³/mol. The molecule has 1 aromatic carbocycles. The molecule has 1 aliphatic heterocycles. The van der Waals surface area contributed by atoms with Gasteiger partial charge in [0.05, 0.1) is 10.5 Å². The van der Waals surface area contributed by atoms with Gasteiger partial charge >= 0.3 is 0 Å². The van der Waals surface area contributed by atoms with E-state index in [0.717, 1.165) is 18.2 Å². The van der Waals surface area contributed by atoms with Crippen molar-refractivity contribution in [2.45, 2.75) is 0 Å². The Bertz CT molecular complexity index is 583. The number of phenolic OH excluding ortho intramolecular Hbond substituents is 1. The van der Waals surface area contributed by atoms with Crippen LogP contribution in [0, 0.1) is 0 Å². The minimum absolute atomic E-state index is 0.191. The third-order valence-electron chi connectivity index (χ3n) is 1.65. The molecule has 0 atom stereocenters. The topological polar surface area (TPSA) is 35.5 Å². The van der Waals surface area contributed by atoms with Crippen LogP contribution in [0.2, 0.25) is 5.02 Å². The molecule has 4 heteroatoms. The molecule has 0 spiro atoms. The normalized spacial score (nSPS) is 39.9. The maximum absolute atomic E-state index is 9.41. The van der Waals surface area contributed by atoms with Crippen molar-refractivity contribution in [2.24, 2.45) is 0 Å². The van der Waals surface area contributed by atoms with Gasteiger partial charge in [0, 0.05) is 37.2 Å². The number of hydrogen-bond acceptors (Lipinski definition) is 3. The average Bonchev–Trinajstić information content (AvgIpc) is 2.30. The zero-order valence-corrected chi connectivity index (χ0v) is 7.76. The van der Waals surface area contributed by atoms with E-state index in [1.54, 1.807) is 5.32 Å². The van der Waals surface area contributed by atoms with Crippen LogP contribution < -0.4 is 10.2 Å². The van der Waals surface area contributed by atoms with Crippen molar-refractivity contribution in [2.75, 3.05) is 30.9 Å². The van der Waals surface area contributed by atoms with Crippen LogP contribution in [0.1, 0.15) is 11.0 Å². The third-order valence-corrected chi connectivity index (χ3v) is 1.95. The quantitative estimate of drug-likeness (QED) is 0.752. The molecule has 1 aliphatic rings. The van der Waals surface area contributed by atoms with E-state index in [2.05, 4.69) is 0 Å². The molecule has 0 unspecified atom stereocenters. The number of halogens is 1. The monoisotopic (exact) mass is 220 g/mol. The molecule has 0 bridgehead atoms. The van der Waals surface area contributed by atoms with Crippen LogP contribution in [0.25, 0.3) is 0 Å². The van der Waals surface area contributed by atoms with Crippen molar-refractivity contribution in [1.29, 1.82) is 0 Å². The highest BCUT2D eigenvalue weighted by Crippen LogP contribution is 2.28. The average molecular weight is 221 g/mol. The molecule has 1 fully saturated rings. The standard InChI is InChI=1S/C10H13ClN2O/c11-9-7-8(1-2-10(9)14)13-5-3-12-4-6-13/h1-2,7,12,14H,3-6H2/i3D2,4D2,5D2,6D2. The van der Waals surface area contributed by atoms with Gasteiger partial charge in [-0.2, -0.15) is 0 Å². The smallest absolute Gasteiger partial charge is 0.134 e. The summed E-state index contributed by atoms with van der Waals surface area (Å²) in [7, 11) is 0. The van der Waals surface area contributed by atoms with Crippen LogP contribution in [0.3, 0.4) is 0 Å². The fraction of sp³-hybridized carbons (Fsp3) is 0.400. The summed E-state index contributed by atoms with van der Waals surface area (Å²) in [5, 5.41) is 10.9. The summed E-state index contributed by atoms with van der Waals surface area (Å²) >= 11 is 5.74. The van der Waals surface area contributed by atoms with E-state index in [4.69, 9.17) is 22.6 Å². The number of piperazine rings is 1. The summed E-state index contributed by atoms with van der Waals surface area (Å²) in [5.74, 6) is -0.312. The lowest BCUT2D eigenvalue weighted by molar-refractivity contribution is 0.475. The van der Waals surface area contributed by atoms with Gasteiger partial charge in [0.1, 0.15) is 5.75 Å². The summed E-state index contributed by atoms with van der Waals surface area (Å²) in [6.07, 6.45) is 0. The first-order valence-corrected chi connectivity index (χ1v) is 4.20. The van der Waals surface area contributed by atoms with Crippen molar-refractivity contribution in [3.05, 3.63) is 23.2 Å². The number of nitrogens with zero attached hydrogens (tertiary/aromatic N) is 1. The van der Waals surface area contributed by atoms with Crippen molar-refractivity contribution in [1.82, 2.24) is 5.32 Å². The van der Waals surface area contributed by atoms with Crippen LogP contribution in [0.4, 0.5) is 5.69 Å². The van der Waals surface area contributed by atoms with Gasteiger partial charge in [-0.05, 0) is 18.2 Å². The van der Waals surface area contributed by atoms with Crippen molar-refractivity contribution in [3.63, 3.8) is 0 Å². The molecule has 0 radical (unpaired) electrons. The number of benzene rings is 1. The molecule has 0 amide bonds. The molecule has 1 saturated heterocycles. The summed E-state index contributed by atoms with van der Waals surface area (Å²) < 4.78 is 62.4. The van der Waals surface area contributed by atoms with Gasteiger partial charge in [-0.15, -0.1) is 0 Å². The number of rotatable bonds is 1. The van der Waals surface area contributed by atoms with Gasteiger partial charge in [0.2, 0.25) is 0 Å². The Hall–Kier alpha value is -0.930. The number of nitrogens with one attached hydrogen (secondary N) is 1. The van der Waals surface area contributed by atoms with E-state index >= 15 is 0 Å². The van der Waals surface area contributed by atoms with E-state index < -0.39 is 26.0 Å². The Morgan fingerprint density at radius 1 is 1.43 bits per heavy atom. The number of phenols is 1. The van der Waals surface area contributed by atoms with E-state index in [9.17, 15) is 5.11 Å². The van der Waals surface area contributed by atoms with Crippen LogP contribution in [0.15, 0.2) is 18.2 Å². The third kappa shape index (κ3) is 1.94. The molecule has 76 valence electrons. The molecule has 1 aromatic rings. The number of anilines is 1.